The molecule has 0 unspecified atom stereocenters. The lowest BCUT2D eigenvalue weighted by Crippen LogP contribution is -1.99. The molecule has 2 rings (SSSR count). The Morgan fingerprint density at radius 3 is 2.67 bits per heavy atom. The number of carboxylic acids is 1. The van der Waals surface area contributed by atoms with Gasteiger partial charge in [0.05, 0.1) is 10.5 Å². The molecule has 1 N–H and O–H groups in total. The van der Waals surface area contributed by atoms with Crippen LogP contribution in [0.15, 0.2) is 40.9 Å². The summed E-state index contributed by atoms with van der Waals surface area (Å²) in [6.07, 6.45) is 0. The Morgan fingerprint density at radius 1 is 1.33 bits per heavy atom. The van der Waals surface area contributed by atoms with Crippen molar-refractivity contribution >= 4 is 27.6 Å². The van der Waals surface area contributed by atoms with E-state index in [9.17, 15) is 14.9 Å². The summed E-state index contributed by atoms with van der Waals surface area (Å²) >= 11 is 3.18. The largest absolute Gasteiger partial charge is 0.478 e. The summed E-state index contributed by atoms with van der Waals surface area (Å²) in [4.78, 5) is 21.6. The standard InChI is InChI=1S/C14H10BrNO5/c1-8-3-2-4-12(13(8)16(19)20)21-11-6-9(14(17)18)5-10(15)7-11/h2-7H,1H3,(H,17,18). The van der Waals surface area contributed by atoms with Crippen LogP contribution in [-0.4, -0.2) is 16.0 Å². The number of aryl methyl sites for hydroxylation is 1. The molecule has 108 valence electrons. The van der Waals surface area contributed by atoms with Crippen LogP contribution in [-0.2, 0) is 0 Å². The topological polar surface area (TPSA) is 89.7 Å². The summed E-state index contributed by atoms with van der Waals surface area (Å²) in [5.41, 5.74) is 0.343. The number of hydrogen-bond acceptors (Lipinski definition) is 4. The van der Waals surface area contributed by atoms with Crippen LogP contribution in [0.25, 0.3) is 0 Å². The van der Waals surface area contributed by atoms with E-state index < -0.39 is 10.9 Å². The SMILES string of the molecule is Cc1cccc(Oc2cc(Br)cc(C(=O)O)c2)c1[N+](=O)[O-]. The van der Waals surface area contributed by atoms with Crippen molar-refractivity contribution in [3.05, 3.63) is 62.1 Å². The maximum Gasteiger partial charge on any atom is 0.335 e. The Morgan fingerprint density at radius 2 is 2.05 bits per heavy atom. The zero-order chi connectivity index (χ0) is 15.6. The third-order valence-corrected chi connectivity index (χ3v) is 3.19. The average Bonchev–Trinajstić information content (AvgIpc) is 2.37. The number of halogens is 1. The first kappa shape index (κ1) is 15.0. The molecule has 0 saturated carbocycles. The van der Waals surface area contributed by atoms with Crippen LogP contribution in [0.2, 0.25) is 0 Å². The van der Waals surface area contributed by atoms with E-state index in [4.69, 9.17) is 9.84 Å². The molecular weight excluding hydrogens is 342 g/mol. The fourth-order valence-corrected chi connectivity index (χ4v) is 2.29. The first-order valence-electron chi connectivity index (χ1n) is 5.84. The Kier molecular flexibility index (Phi) is 4.23. The summed E-state index contributed by atoms with van der Waals surface area (Å²) in [6.45, 7) is 1.61. The normalized spacial score (nSPS) is 10.2. The zero-order valence-corrected chi connectivity index (χ0v) is 12.5. The van der Waals surface area contributed by atoms with Gasteiger partial charge in [-0.15, -0.1) is 0 Å². The number of carboxylic acid groups (broad SMARTS) is 1. The van der Waals surface area contributed by atoms with E-state index in [0.717, 1.165) is 0 Å². The summed E-state index contributed by atoms with van der Waals surface area (Å²) in [5.74, 6) is -0.843. The number of hydrogen-bond donors (Lipinski definition) is 1. The van der Waals surface area contributed by atoms with E-state index in [0.29, 0.717) is 10.0 Å². The van der Waals surface area contributed by atoms with Crippen LogP contribution in [0.1, 0.15) is 15.9 Å². The Balaban J connectivity index is 2.46. The number of aromatic carboxylic acids is 1. The molecule has 7 heteroatoms. The number of carbonyl (C=O) groups is 1. The fourth-order valence-electron chi connectivity index (χ4n) is 1.82. The maximum atomic E-state index is 11.1. The van der Waals surface area contributed by atoms with Crippen LogP contribution in [0.3, 0.4) is 0 Å². The lowest BCUT2D eigenvalue weighted by Gasteiger charge is -2.09. The van der Waals surface area contributed by atoms with Crippen LogP contribution >= 0.6 is 15.9 Å². The zero-order valence-electron chi connectivity index (χ0n) is 10.9. The average molecular weight is 352 g/mol. The summed E-state index contributed by atoms with van der Waals surface area (Å²) in [6, 6.07) is 8.96. The molecule has 0 fully saturated rings. The van der Waals surface area contributed by atoms with Crippen molar-refractivity contribution in [2.24, 2.45) is 0 Å². The van der Waals surface area contributed by atoms with Gasteiger partial charge in [0.25, 0.3) is 0 Å². The molecular formula is C14H10BrNO5. The molecule has 6 nitrogen and oxygen atoms in total. The van der Waals surface area contributed by atoms with E-state index >= 15 is 0 Å². The number of nitrogens with zero attached hydrogens (tertiary/aromatic N) is 1. The highest BCUT2D eigenvalue weighted by Gasteiger charge is 2.19. The lowest BCUT2D eigenvalue weighted by atomic mass is 10.2. The smallest absolute Gasteiger partial charge is 0.335 e. The van der Waals surface area contributed by atoms with E-state index in [1.54, 1.807) is 25.1 Å². The van der Waals surface area contributed by atoms with Crippen molar-refractivity contribution < 1.29 is 19.6 Å². The van der Waals surface area contributed by atoms with Crippen molar-refractivity contribution in [3.63, 3.8) is 0 Å². The minimum absolute atomic E-state index is 0.0229. The summed E-state index contributed by atoms with van der Waals surface area (Å²) in [7, 11) is 0. The number of para-hydroxylation sites is 1. The molecule has 0 bridgehead atoms. The van der Waals surface area contributed by atoms with Gasteiger partial charge in [0.1, 0.15) is 5.75 Å². The van der Waals surface area contributed by atoms with Gasteiger partial charge >= 0.3 is 11.7 Å². The van der Waals surface area contributed by atoms with Crippen molar-refractivity contribution in [1.82, 2.24) is 0 Å². The van der Waals surface area contributed by atoms with Crippen LogP contribution < -0.4 is 4.74 Å². The minimum atomic E-state index is -1.11. The molecule has 21 heavy (non-hydrogen) atoms. The molecule has 0 aliphatic rings. The predicted octanol–water partition coefficient (Wildman–Crippen LogP) is 4.16. The summed E-state index contributed by atoms with van der Waals surface area (Å²) in [5, 5.41) is 20.1. The number of benzene rings is 2. The maximum absolute atomic E-state index is 11.1. The molecule has 2 aromatic rings. The highest BCUT2D eigenvalue weighted by atomic mass is 79.9. The second kappa shape index (κ2) is 5.92. The molecule has 0 aliphatic heterocycles. The first-order valence-corrected chi connectivity index (χ1v) is 6.63. The van der Waals surface area contributed by atoms with Gasteiger partial charge in [-0.05, 0) is 31.2 Å². The molecule has 0 amide bonds. The van der Waals surface area contributed by atoms with E-state index in [1.807, 2.05) is 0 Å². The molecule has 0 atom stereocenters. The predicted molar refractivity (Wildman–Crippen MR) is 79.0 cm³/mol. The number of nitro benzene ring substituents is 1. The second-order valence-corrected chi connectivity index (χ2v) is 5.18. The highest BCUT2D eigenvalue weighted by molar-refractivity contribution is 9.10. The van der Waals surface area contributed by atoms with Crippen molar-refractivity contribution in [2.75, 3.05) is 0 Å². The van der Waals surface area contributed by atoms with Crippen molar-refractivity contribution in [2.45, 2.75) is 6.92 Å². The van der Waals surface area contributed by atoms with E-state index in [1.165, 1.54) is 18.2 Å². The van der Waals surface area contributed by atoms with E-state index in [-0.39, 0.29) is 22.7 Å². The van der Waals surface area contributed by atoms with Crippen LogP contribution in [0.5, 0.6) is 11.5 Å². The molecule has 2 aromatic carbocycles. The molecule has 0 aromatic heterocycles. The number of nitro groups is 1. The van der Waals surface area contributed by atoms with Gasteiger partial charge < -0.3 is 9.84 Å². The molecule has 0 radical (unpaired) electrons. The second-order valence-electron chi connectivity index (χ2n) is 4.26. The van der Waals surface area contributed by atoms with Gasteiger partial charge in [-0.2, -0.15) is 0 Å². The lowest BCUT2D eigenvalue weighted by molar-refractivity contribution is -0.386. The van der Waals surface area contributed by atoms with Gasteiger partial charge in [-0.1, -0.05) is 28.1 Å². The third-order valence-electron chi connectivity index (χ3n) is 2.73. The summed E-state index contributed by atoms with van der Waals surface area (Å²) < 4.78 is 6.00. The number of rotatable bonds is 4. The third kappa shape index (κ3) is 3.38. The van der Waals surface area contributed by atoms with Crippen molar-refractivity contribution in [3.8, 4) is 11.5 Å². The van der Waals surface area contributed by atoms with Gasteiger partial charge in [0.2, 0.25) is 5.75 Å². The quantitative estimate of drug-likeness (QED) is 0.659. The molecule has 0 heterocycles. The van der Waals surface area contributed by atoms with Crippen LogP contribution in [0, 0.1) is 17.0 Å². The van der Waals surface area contributed by atoms with E-state index in [2.05, 4.69) is 15.9 Å². The van der Waals surface area contributed by atoms with Gasteiger partial charge in [0, 0.05) is 10.0 Å². The van der Waals surface area contributed by atoms with Gasteiger partial charge in [-0.3, -0.25) is 10.1 Å². The number of ether oxygens (including phenoxy) is 1. The van der Waals surface area contributed by atoms with Gasteiger partial charge in [-0.25, -0.2) is 4.79 Å². The molecule has 0 aliphatic carbocycles. The minimum Gasteiger partial charge on any atom is -0.478 e. The first-order chi connectivity index (χ1) is 9.88. The van der Waals surface area contributed by atoms with Crippen LogP contribution in [0.4, 0.5) is 5.69 Å². The van der Waals surface area contributed by atoms with Crippen molar-refractivity contribution in [1.29, 1.82) is 0 Å². The Labute approximate surface area is 128 Å². The fraction of sp³-hybridized carbons (Fsp3) is 0.0714. The molecule has 0 spiro atoms. The van der Waals surface area contributed by atoms with Gasteiger partial charge in [0.15, 0.2) is 0 Å². The molecule has 0 saturated heterocycles. The Bertz CT molecular complexity index is 729. The Hall–Kier alpha value is -2.41. The highest BCUT2D eigenvalue weighted by Crippen LogP contribution is 2.35. The monoisotopic (exact) mass is 351 g/mol.